The van der Waals surface area contributed by atoms with Crippen LogP contribution in [0.2, 0.25) is 0 Å². The van der Waals surface area contributed by atoms with Crippen molar-refractivity contribution in [1.29, 1.82) is 0 Å². The van der Waals surface area contributed by atoms with Crippen LogP contribution in [0.1, 0.15) is 29.3 Å². The lowest BCUT2D eigenvalue weighted by Crippen LogP contribution is -2.31. The number of ether oxygens (including phenoxy) is 1. The van der Waals surface area contributed by atoms with E-state index in [-0.39, 0.29) is 17.3 Å². The molecule has 162 valence electrons. The van der Waals surface area contributed by atoms with E-state index in [9.17, 15) is 13.2 Å². The summed E-state index contributed by atoms with van der Waals surface area (Å²) in [6.45, 7) is 2.64. The van der Waals surface area contributed by atoms with E-state index < -0.39 is 10.0 Å². The maximum atomic E-state index is 13.6. The molecule has 3 aromatic rings. The van der Waals surface area contributed by atoms with E-state index in [0.717, 1.165) is 12.0 Å². The van der Waals surface area contributed by atoms with Crippen molar-refractivity contribution in [1.82, 2.24) is 5.32 Å². The van der Waals surface area contributed by atoms with E-state index >= 15 is 0 Å². The van der Waals surface area contributed by atoms with Gasteiger partial charge in [-0.1, -0.05) is 43.3 Å². The summed E-state index contributed by atoms with van der Waals surface area (Å²) in [6, 6.07) is 22.3. The number of carbonyl (C=O) groups is 1. The highest BCUT2D eigenvalue weighted by Gasteiger charge is 2.26. The fourth-order valence-electron chi connectivity index (χ4n) is 3.08. The minimum Gasteiger partial charge on any atom is -0.497 e. The Morgan fingerprint density at radius 1 is 0.968 bits per heavy atom. The number of carbonyl (C=O) groups excluding carboxylic acids is 1. The molecule has 0 aliphatic heterocycles. The molecule has 0 aliphatic carbocycles. The Balaban J connectivity index is 2.01. The number of sulfonamides is 1. The molecule has 3 aromatic carbocycles. The Labute approximate surface area is 183 Å². The van der Waals surface area contributed by atoms with Crippen molar-refractivity contribution < 1.29 is 17.9 Å². The monoisotopic (exact) mass is 438 g/mol. The molecule has 0 saturated heterocycles. The molecule has 6 nitrogen and oxygen atoms in total. The van der Waals surface area contributed by atoms with Crippen LogP contribution in [0.4, 0.5) is 5.69 Å². The molecule has 0 atom stereocenters. The standard InChI is InChI=1S/C24H26N2O4S/c1-3-16-25-24(27)20-10-7-11-23(17-20)31(28,29)26(18-19-8-5-4-6-9-19)21-12-14-22(30-2)15-13-21/h4-15,17H,3,16,18H2,1-2H3,(H,25,27). The number of nitrogens with zero attached hydrogens (tertiary/aromatic N) is 1. The normalized spacial score (nSPS) is 11.0. The van der Waals surface area contributed by atoms with Crippen molar-refractivity contribution in [3.8, 4) is 5.75 Å². The van der Waals surface area contributed by atoms with Gasteiger partial charge in [0.15, 0.2) is 0 Å². The number of benzene rings is 3. The van der Waals surface area contributed by atoms with Crippen LogP contribution >= 0.6 is 0 Å². The molecule has 0 heterocycles. The van der Waals surface area contributed by atoms with Crippen LogP contribution in [0.5, 0.6) is 5.75 Å². The zero-order valence-electron chi connectivity index (χ0n) is 17.6. The fraction of sp³-hybridized carbons (Fsp3) is 0.208. The van der Waals surface area contributed by atoms with Crippen LogP contribution < -0.4 is 14.4 Å². The molecule has 0 radical (unpaired) electrons. The first-order valence-corrected chi connectivity index (χ1v) is 11.5. The summed E-state index contributed by atoms with van der Waals surface area (Å²) in [6.07, 6.45) is 0.798. The Kier molecular flexibility index (Phi) is 7.31. The number of nitrogens with one attached hydrogen (secondary N) is 1. The summed E-state index contributed by atoms with van der Waals surface area (Å²) in [5.74, 6) is 0.341. The second-order valence-electron chi connectivity index (χ2n) is 6.98. The third-order valence-corrected chi connectivity index (χ3v) is 6.52. The maximum absolute atomic E-state index is 13.6. The lowest BCUT2D eigenvalue weighted by atomic mass is 10.2. The van der Waals surface area contributed by atoms with Crippen molar-refractivity contribution in [3.05, 3.63) is 90.0 Å². The second kappa shape index (κ2) is 10.1. The SMILES string of the molecule is CCCNC(=O)c1cccc(S(=O)(=O)N(Cc2ccccc2)c2ccc(OC)cc2)c1. The lowest BCUT2D eigenvalue weighted by molar-refractivity contribution is 0.0953. The number of rotatable bonds is 9. The van der Waals surface area contributed by atoms with E-state index in [4.69, 9.17) is 4.74 Å². The first kappa shape index (κ1) is 22.4. The Morgan fingerprint density at radius 2 is 1.68 bits per heavy atom. The minimum atomic E-state index is -3.94. The Morgan fingerprint density at radius 3 is 2.32 bits per heavy atom. The predicted molar refractivity (Wildman–Crippen MR) is 122 cm³/mol. The zero-order valence-corrected chi connectivity index (χ0v) is 18.4. The van der Waals surface area contributed by atoms with Gasteiger partial charge in [0.05, 0.1) is 24.2 Å². The molecule has 3 rings (SSSR count). The average molecular weight is 439 g/mol. The second-order valence-corrected chi connectivity index (χ2v) is 8.84. The fourth-order valence-corrected chi connectivity index (χ4v) is 4.58. The lowest BCUT2D eigenvalue weighted by Gasteiger charge is -2.25. The summed E-state index contributed by atoms with van der Waals surface area (Å²) in [4.78, 5) is 12.4. The number of amides is 1. The molecule has 0 fully saturated rings. The van der Waals surface area contributed by atoms with E-state index in [0.29, 0.717) is 23.5 Å². The van der Waals surface area contributed by atoms with Crippen molar-refractivity contribution >= 4 is 21.6 Å². The molecule has 0 unspecified atom stereocenters. The van der Waals surface area contributed by atoms with Crippen LogP contribution in [0, 0.1) is 0 Å². The van der Waals surface area contributed by atoms with Crippen LogP contribution in [0.15, 0.2) is 83.8 Å². The van der Waals surface area contributed by atoms with Crippen LogP contribution in [0.25, 0.3) is 0 Å². The Hall–Kier alpha value is -3.32. The van der Waals surface area contributed by atoms with Gasteiger partial charge in [-0.15, -0.1) is 0 Å². The highest BCUT2D eigenvalue weighted by molar-refractivity contribution is 7.92. The minimum absolute atomic E-state index is 0.0587. The number of hydrogen-bond donors (Lipinski definition) is 1. The highest BCUT2D eigenvalue weighted by atomic mass is 32.2. The summed E-state index contributed by atoms with van der Waals surface area (Å²) < 4.78 is 33.8. The van der Waals surface area contributed by atoms with Gasteiger partial charge in [-0.25, -0.2) is 8.42 Å². The van der Waals surface area contributed by atoms with Crippen LogP contribution in [-0.2, 0) is 16.6 Å². The summed E-state index contributed by atoms with van der Waals surface area (Å²) in [7, 11) is -2.38. The van der Waals surface area contributed by atoms with Gasteiger partial charge in [0.25, 0.3) is 15.9 Å². The molecule has 0 aromatic heterocycles. The number of methoxy groups -OCH3 is 1. The first-order chi connectivity index (χ1) is 15.0. The molecule has 0 bridgehead atoms. The average Bonchev–Trinajstić information content (AvgIpc) is 2.81. The molecule has 31 heavy (non-hydrogen) atoms. The third-order valence-electron chi connectivity index (χ3n) is 4.75. The summed E-state index contributed by atoms with van der Waals surface area (Å²) >= 11 is 0. The van der Waals surface area contributed by atoms with Crippen LogP contribution in [-0.4, -0.2) is 28.0 Å². The molecular weight excluding hydrogens is 412 g/mol. The van der Waals surface area contributed by atoms with E-state index in [2.05, 4.69) is 5.32 Å². The van der Waals surface area contributed by atoms with E-state index in [1.807, 2.05) is 37.3 Å². The summed E-state index contributed by atoms with van der Waals surface area (Å²) in [5, 5.41) is 2.78. The van der Waals surface area contributed by atoms with Gasteiger partial charge in [-0.3, -0.25) is 9.10 Å². The van der Waals surface area contributed by atoms with Crippen molar-refractivity contribution in [2.75, 3.05) is 18.0 Å². The molecule has 0 aliphatic rings. The van der Waals surface area contributed by atoms with Gasteiger partial charge in [0.2, 0.25) is 0 Å². The zero-order chi connectivity index (χ0) is 22.3. The summed E-state index contributed by atoms with van der Waals surface area (Å²) in [5.41, 5.74) is 1.66. The highest BCUT2D eigenvalue weighted by Crippen LogP contribution is 2.28. The van der Waals surface area contributed by atoms with Gasteiger partial charge < -0.3 is 10.1 Å². The molecule has 7 heteroatoms. The van der Waals surface area contributed by atoms with Crippen molar-refractivity contribution in [3.63, 3.8) is 0 Å². The predicted octanol–water partition coefficient (Wildman–Crippen LogP) is 4.23. The number of anilines is 1. The van der Waals surface area contributed by atoms with E-state index in [1.54, 1.807) is 43.5 Å². The van der Waals surface area contributed by atoms with Gasteiger partial charge >= 0.3 is 0 Å². The van der Waals surface area contributed by atoms with Gasteiger partial charge in [0.1, 0.15) is 5.75 Å². The quantitative estimate of drug-likeness (QED) is 0.542. The molecule has 0 spiro atoms. The molecule has 1 amide bonds. The topological polar surface area (TPSA) is 75.7 Å². The largest absolute Gasteiger partial charge is 0.497 e. The Bertz CT molecular complexity index is 1110. The first-order valence-electron chi connectivity index (χ1n) is 10.0. The third kappa shape index (κ3) is 5.44. The van der Waals surface area contributed by atoms with Gasteiger partial charge in [-0.2, -0.15) is 0 Å². The molecular formula is C24H26N2O4S. The maximum Gasteiger partial charge on any atom is 0.264 e. The van der Waals surface area contributed by atoms with Crippen molar-refractivity contribution in [2.24, 2.45) is 0 Å². The smallest absolute Gasteiger partial charge is 0.264 e. The molecule has 0 saturated carbocycles. The van der Waals surface area contributed by atoms with Gasteiger partial charge in [0, 0.05) is 12.1 Å². The van der Waals surface area contributed by atoms with Crippen molar-refractivity contribution in [2.45, 2.75) is 24.8 Å². The number of hydrogen-bond acceptors (Lipinski definition) is 4. The van der Waals surface area contributed by atoms with E-state index in [1.165, 1.54) is 16.4 Å². The van der Waals surface area contributed by atoms with Crippen LogP contribution in [0.3, 0.4) is 0 Å². The molecule has 1 N–H and O–H groups in total. The van der Waals surface area contributed by atoms with Gasteiger partial charge in [-0.05, 0) is 54.4 Å².